The fraction of sp³-hybridized carbons (Fsp3) is 0.316. The summed E-state index contributed by atoms with van der Waals surface area (Å²) in [6.45, 7) is 3.94. The number of carbonyl (C=O) groups is 1. The molecule has 0 saturated heterocycles. The molecule has 0 aromatic heterocycles. The quantitative estimate of drug-likeness (QED) is 0.936. The number of amides is 1. The molecule has 1 amide bonds. The molecule has 1 atom stereocenters. The van der Waals surface area contributed by atoms with Crippen molar-refractivity contribution in [1.82, 2.24) is 5.32 Å². The Hall–Kier alpha value is -2.69. The number of anilines is 1. The molecule has 1 heterocycles. The molecule has 126 valence electrons. The summed E-state index contributed by atoms with van der Waals surface area (Å²) in [5.74, 6) is 1.28. The van der Waals surface area contributed by atoms with Crippen LogP contribution in [0.25, 0.3) is 0 Å². The molecule has 1 N–H and O–H groups in total. The summed E-state index contributed by atoms with van der Waals surface area (Å²) >= 11 is 0. The highest BCUT2D eigenvalue weighted by atomic mass is 16.5. The Morgan fingerprint density at radius 3 is 2.58 bits per heavy atom. The van der Waals surface area contributed by atoms with Gasteiger partial charge in [-0.05, 0) is 43.7 Å². The summed E-state index contributed by atoms with van der Waals surface area (Å²) in [6.07, 6.45) is -0.192. The summed E-state index contributed by atoms with van der Waals surface area (Å²) in [6, 6.07) is 13.3. The van der Waals surface area contributed by atoms with Gasteiger partial charge < -0.3 is 19.7 Å². The third-order valence-corrected chi connectivity index (χ3v) is 4.05. The summed E-state index contributed by atoms with van der Waals surface area (Å²) in [5.41, 5.74) is 2.53. The van der Waals surface area contributed by atoms with E-state index in [1.165, 1.54) is 0 Å². The van der Waals surface area contributed by atoms with Crippen molar-refractivity contribution in [2.75, 3.05) is 19.1 Å². The van der Waals surface area contributed by atoms with Gasteiger partial charge in [-0.25, -0.2) is 0 Å². The molecule has 0 aliphatic carbocycles. The SMILES string of the molecule is COc1cc([C@@H]2NC(=O)c3ccccc3N2C)ccc1OC(C)C. The molecule has 24 heavy (non-hydrogen) atoms. The van der Waals surface area contributed by atoms with Crippen LogP contribution in [0.3, 0.4) is 0 Å². The van der Waals surface area contributed by atoms with E-state index in [1.54, 1.807) is 7.11 Å². The van der Waals surface area contributed by atoms with Crippen LogP contribution >= 0.6 is 0 Å². The van der Waals surface area contributed by atoms with E-state index in [9.17, 15) is 4.79 Å². The molecule has 2 aromatic rings. The molecule has 0 unspecified atom stereocenters. The zero-order valence-electron chi connectivity index (χ0n) is 14.4. The van der Waals surface area contributed by atoms with E-state index in [0.717, 1.165) is 11.3 Å². The van der Waals surface area contributed by atoms with E-state index in [4.69, 9.17) is 9.47 Å². The molecule has 5 heteroatoms. The number of para-hydroxylation sites is 1. The van der Waals surface area contributed by atoms with Crippen LogP contribution in [0.15, 0.2) is 42.5 Å². The Bertz CT molecular complexity index is 758. The van der Waals surface area contributed by atoms with Crippen LogP contribution in [0.5, 0.6) is 11.5 Å². The standard InChI is InChI=1S/C19H22N2O3/c1-12(2)24-16-10-9-13(11-17(16)23-4)18-20-19(22)14-7-5-6-8-15(14)21(18)3/h5-12,18H,1-4H3,(H,20,22)/t18-/m1/s1. The van der Waals surface area contributed by atoms with Crippen LogP contribution in [0.1, 0.15) is 35.9 Å². The molecule has 3 rings (SSSR count). The van der Waals surface area contributed by atoms with Crippen molar-refractivity contribution in [3.8, 4) is 11.5 Å². The average Bonchev–Trinajstić information content (AvgIpc) is 2.58. The first-order valence-corrected chi connectivity index (χ1v) is 7.98. The fourth-order valence-corrected chi connectivity index (χ4v) is 2.92. The van der Waals surface area contributed by atoms with Gasteiger partial charge in [0.05, 0.1) is 24.5 Å². The van der Waals surface area contributed by atoms with Crippen molar-refractivity contribution in [1.29, 1.82) is 0 Å². The van der Waals surface area contributed by atoms with Crippen LogP contribution < -0.4 is 19.7 Å². The smallest absolute Gasteiger partial charge is 0.255 e. The average molecular weight is 326 g/mol. The van der Waals surface area contributed by atoms with Gasteiger partial charge in [-0.15, -0.1) is 0 Å². The van der Waals surface area contributed by atoms with E-state index < -0.39 is 0 Å². The first kappa shape index (κ1) is 16.2. The predicted octanol–water partition coefficient (Wildman–Crippen LogP) is 3.36. The maximum Gasteiger partial charge on any atom is 0.255 e. The lowest BCUT2D eigenvalue weighted by atomic mass is 10.0. The van der Waals surface area contributed by atoms with Crippen molar-refractivity contribution in [2.45, 2.75) is 26.1 Å². The third kappa shape index (κ3) is 2.89. The minimum Gasteiger partial charge on any atom is -0.493 e. The molecule has 0 bridgehead atoms. The van der Waals surface area contributed by atoms with Gasteiger partial charge in [0.2, 0.25) is 0 Å². The maximum atomic E-state index is 12.4. The topological polar surface area (TPSA) is 50.8 Å². The lowest BCUT2D eigenvalue weighted by Crippen LogP contribution is -2.44. The Morgan fingerprint density at radius 2 is 1.88 bits per heavy atom. The number of hydrogen-bond acceptors (Lipinski definition) is 4. The normalized spacial score (nSPS) is 16.6. The van der Waals surface area contributed by atoms with Crippen LogP contribution in [0.4, 0.5) is 5.69 Å². The van der Waals surface area contributed by atoms with Crippen LogP contribution in [-0.4, -0.2) is 26.2 Å². The zero-order valence-corrected chi connectivity index (χ0v) is 14.4. The van der Waals surface area contributed by atoms with Gasteiger partial charge in [-0.1, -0.05) is 18.2 Å². The number of carbonyl (C=O) groups excluding carboxylic acids is 1. The van der Waals surface area contributed by atoms with Crippen molar-refractivity contribution in [3.05, 3.63) is 53.6 Å². The van der Waals surface area contributed by atoms with Gasteiger partial charge in [-0.2, -0.15) is 0 Å². The number of nitrogens with one attached hydrogen (secondary N) is 1. The second-order valence-corrected chi connectivity index (χ2v) is 6.08. The summed E-state index contributed by atoms with van der Waals surface area (Å²) in [7, 11) is 3.58. The predicted molar refractivity (Wildman–Crippen MR) is 93.8 cm³/mol. The zero-order chi connectivity index (χ0) is 17.3. The van der Waals surface area contributed by atoms with Gasteiger partial charge in [0.15, 0.2) is 11.5 Å². The lowest BCUT2D eigenvalue weighted by Gasteiger charge is -2.36. The van der Waals surface area contributed by atoms with Crippen molar-refractivity contribution >= 4 is 11.6 Å². The molecule has 0 fully saturated rings. The van der Waals surface area contributed by atoms with E-state index in [1.807, 2.05) is 63.4 Å². The van der Waals surface area contributed by atoms with Crippen molar-refractivity contribution in [2.24, 2.45) is 0 Å². The highest BCUT2D eigenvalue weighted by molar-refractivity contribution is 6.02. The largest absolute Gasteiger partial charge is 0.493 e. The van der Waals surface area contributed by atoms with Gasteiger partial charge in [0.1, 0.15) is 6.17 Å². The summed E-state index contributed by atoms with van der Waals surface area (Å²) in [5, 5.41) is 3.04. The number of nitrogens with zero attached hydrogens (tertiary/aromatic N) is 1. The number of hydrogen-bond donors (Lipinski definition) is 1. The van der Waals surface area contributed by atoms with Crippen LogP contribution in [-0.2, 0) is 0 Å². The number of fused-ring (bicyclic) bond motifs is 1. The molecule has 0 radical (unpaired) electrons. The van der Waals surface area contributed by atoms with Crippen molar-refractivity contribution in [3.63, 3.8) is 0 Å². The van der Waals surface area contributed by atoms with Gasteiger partial charge >= 0.3 is 0 Å². The van der Waals surface area contributed by atoms with Crippen molar-refractivity contribution < 1.29 is 14.3 Å². The Morgan fingerprint density at radius 1 is 1.12 bits per heavy atom. The number of rotatable bonds is 4. The first-order valence-electron chi connectivity index (χ1n) is 7.98. The second-order valence-electron chi connectivity index (χ2n) is 6.08. The van der Waals surface area contributed by atoms with E-state index in [-0.39, 0.29) is 18.2 Å². The minimum atomic E-state index is -0.255. The molecule has 0 saturated carbocycles. The molecular weight excluding hydrogens is 304 g/mol. The second kappa shape index (κ2) is 6.43. The first-order chi connectivity index (χ1) is 11.5. The molecular formula is C19H22N2O3. The Kier molecular flexibility index (Phi) is 4.34. The molecule has 5 nitrogen and oxygen atoms in total. The van der Waals surface area contributed by atoms with Crippen LogP contribution in [0, 0.1) is 0 Å². The number of ether oxygens (including phenoxy) is 2. The van der Waals surface area contributed by atoms with Gasteiger partial charge in [0, 0.05) is 7.05 Å². The Labute approximate surface area is 142 Å². The molecule has 2 aromatic carbocycles. The fourth-order valence-electron chi connectivity index (χ4n) is 2.92. The lowest BCUT2D eigenvalue weighted by molar-refractivity contribution is 0.0928. The van der Waals surface area contributed by atoms with Gasteiger partial charge in [0.25, 0.3) is 5.91 Å². The maximum absolute atomic E-state index is 12.4. The van der Waals surface area contributed by atoms with Gasteiger partial charge in [-0.3, -0.25) is 4.79 Å². The highest BCUT2D eigenvalue weighted by Crippen LogP contribution is 2.35. The van der Waals surface area contributed by atoms with E-state index in [2.05, 4.69) is 10.2 Å². The Balaban J connectivity index is 1.96. The number of benzene rings is 2. The van der Waals surface area contributed by atoms with E-state index in [0.29, 0.717) is 17.1 Å². The molecule has 0 spiro atoms. The number of methoxy groups -OCH3 is 1. The monoisotopic (exact) mass is 326 g/mol. The highest BCUT2D eigenvalue weighted by Gasteiger charge is 2.29. The van der Waals surface area contributed by atoms with Crippen LogP contribution in [0.2, 0.25) is 0 Å². The minimum absolute atomic E-state index is 0.0636. The van der Waals surface area contributed by atoms with E-state index >= 15 is 0 Å². The summed E-state index contributed by atoms with van der Waals surface area (Å²) in [4.78, 5) is 14.4. The molecule has 1 aliphatic heterocycles. The summed E-state index contributed by atoms with van der Waals surface area (Å²) < 4.78 is 11.2. The third-order valence-electron chi connectivity index (χ3n) is 4.05. The molecule has 1 aliphatic rings.